The lowest BCUT2D eigenvalue weighted by Gasteiger charge is -2.08. The van der Waals surface area contributed by atoms with Crippen molar-refractivity contribution in [1.82, 2.24) is 5.32 Å². The monoisotopic (exact) mass is 298 g/mol. The number of carbonyl (C=O) groups excluding carboxylic acids is 1. The Morgan fingerprint density at radius 2 is 2.29 bits per heavy atom. The number of ether oxygens (including phenoxy) is 1. The Hall–Kier alpha value is -1.07. The Morgan fingerprint density at radius 1 is 1.53 bits per heavy atom. The van der Waals surface area contributed by atoms with Gasteiger partial charge in [-0.05, 0) is 36.6 Å². The van der Waals surface area contributed by atoms with Gasteiger partial charge in [-0.3, -0.25) is 4.79 Å². The van der Waals surface area contributed by atoms with Crippen LogP contribution in [-0.4, -0.2) is 18.6 Å². The minimum atomic E-state index is -0.0651. The largest absolute Gasteiger partial charge is 0.484 e. The number of halogens is 1. The molecule has 0 bridgehead atoms. The molecular formula is C12H15BrN2O2. The van der Waals surface area contributed by atoms with Crippen LogP contribution in [0.5, 0.6) is 5.75 Å². The Balaban J connectivity index is 1.87. The molecule has 4 nitrogen and oxygen atoms in total. The van der Waals surface area contributed by atoms with E-state index >= 15 is 0 Å². The standard InChI is InChI=1S/C12H15BrN2O2/c13-11-4-3-10(5-8(11)6-14)17-7-12(16)15-9-1-2-9/h3-5,9H,1-2,6-7,14H2,(H,15,16). The highest BCUT2D eigenvalue weighted by atomic mass is 79.9. The number of nitrogens with two attached hydrogens (primary N) is 1. The summed E-state index contributed by atoms with van der Waals surface area (Å²) in [6, 6.07) is 5.90. The fourth-order valence-corrected chi connectivity index (χ4v) is 1.85. The molecule has 2 rings (SSSR count). The first-order valence-electron chi connectivity index (χ1n) is 5.59. The van der Waals surface area contributed by atoms with Crippen LogP contribution in [0, 0.1) is 0 Å². The molecule has 0 spiro atoms. The van der Waals surface area contributed by atoms with E-state index in [1.807, 2.05) is 18.2 Å². The maximum atomic E-state index is 11.4. The summed E-state index contributed by atoms with van der Waals surface area (Å²) < 4.78 is 6.36. The van der Waals surface area contributed by atoms with Gasteiger partial charge in [-0.1, -0.05) is 15.9 Å². The molecule has 92 valence electrons. The van der Waals surface area contributed by atoms with Gasteiger partial charge in [0.1, 0.15) is 5.75 Å². The fraction of sp³-hybridized carbons (Fsp3) is 0.417. The average molecular weight is 299 g/mol. The van der Waals surface area contributed by atoms with Crippen molar-refractivity contribution in [3.05, 3.63) is 28.2 Å². The van der Waals surface area contributed by atoms with Crippen LogP contribution in [0.3, 0.4) is 0 Å². The third-order valence-corrected chi connectivity index (χ3v) is 3.32. The van der Waals surface area contributed by atoms with Crippen LogP contribution in [-0.2, 0) is 11.3 Å². The van der Waals surface area contributed by atoms with Gasteiger partial charge in [-0.15, -0.1) is 0 Å². The molecule has 0 radical (unpaired) electrons. The lowest BCUT2D eigenvalue weighted by molar-refractivity contribution is -0.123. The SMILES string of the molecule is NCc1cc(OCC(=O)NC2CC2)ccc1Br. The first kappa shape index (κ1) is 12.4. The van der Waals surface area contributed by atoms with E-state index in [0.29, 0.717) is 18.3 Å². The van der Waals surface area contributed by atoms with Crippen LogP contribution in [0.2, 0.25) is 0 Å². The molecule has 0 saturated heterocycles. The molecule has 1 aliphatic rings. The Bertz CT molecular complexity index is 419. The summed E-state index contributed by atoms with van der Waals surface area (Å²) in [5, 5.41) is 2.87. The van der Waals surface area contributed by atoms with Crippen molar-refractivity contribution in [2.24, 2.45) is 5.73 Å². The molecule has 5 heteroatoms. The van der Waals surface area contributed by atoms with Crippen LogP contribution < -0.4 is 15.8 Å². The number of hydrogen-bond donors (Lipinski definition) is 2. The van der Waals surface area contributed by atoms with E-state index in [-0.39, 0.29) is 12.5 Å². The van der Waals surface area contributed by atoms with E-state index in [9.17, 15) is 4.79 Å². The minimum Gasteiger partial charge on any atom is -0.484 e. The number of carbonyl (C=O) groups is 1. The smallest absolute Gasteiger partial charge is 0.258 e. The topological polar surface area (TPSA) is 64.3 Å². The zero-order valence-corrected chi connectivity index (χ0v) is 11.0. The summed E-state index contributed by atoms with van der Waals surface area (Å²) in [5.41, 5.74) is 6.55. The molecule has 0 aliphatic heterocycles. The highest BCUT2D eigenvalue weighted by molar-refractivity contribution is 9.10. The second-order valence-corrected chi connectivity index (χ2v) is 4.94. The predicted octanol–water partition coefficient (Wildman–Crippen LogP) is 1.57. The van der Waals surface area contributed by atoms with E-state index in [2.05, 4.69) is 21.2 Å². The van der Waals surface area contributed by atoms with E-state index in [0.717, 1.165) is 22.9 Å². The zero-order chi connectivity index (χ0) is 12.3. The molecular weight excluding hydrogens is 284 g/mol. The minimum absolute atomic E-state index is 0.0577. The molecule has 1 aromatic rings. The van der Waals surface area contributed by atoms with Crippen LogP contribution >= 0.6 is 15.9 Å². The van der Waals surface area contributed by atoms with Crippen molar-refractivity contribution in [3.63, 3.8) is 0 Å². The summed E-state index contributed by atoms with van der Waals surface area (Å²) in [5.74, 6) is 0.601. The second-order valence-electron chi connectivity index (χ2n) is 4.09. The second kappa shape index (κ2) is 5.51. The maximum Gasteiger partial charge on any atom is 0.258 e. The number of hydrogen-bond acceptors (Lipinski definition) is 3. The average Bonchev–Trinajstić information content (AvgIpc) is 3.12. The molecule has 1 aromatic carbocycles. The summed E-state index contributed by atoms with van der Waals surface area (Å²) in [4.78, 5) is 11.4. The van der Waals surface area contributed by atoms with Crippen molar-refractivity contribution < 1.29 is 9.53 Å². The molecule has 0 aromatic heterocycles. The number of nitrogens with one attached hydrogen (secondary N) is 1. The van der Waals surface area contributed by atoms with Gasteiger partial charge < -0.3 is 15.8 Å². The molecule has 1 fully saturated rings. The van der Waals surface area contributed by atoms with Gasteiger partial charge >= 0.3 is 0 Å². The number of amides is 1. The molecule has 0 atom stereocenters. The molecule has 0 unspecified atom stereocenters. The molecule has 1 aliphatic carbocycles. The first-order valence-corrected chi connectivity index (χ1v) is 6.39. The summed E-state index contributed by atoms with van der Waals surface area (Å²) in [6.45, 7) is 0.494. The highest BCUT2D eigenvalue weighted by Gasteiger charge is 2.23. The van der Waals surface area contributed by atoms with Gasteiger partial charge in [0.2, 0.25) is 0 Å². The summed E-state index contributed by atoms with van der Waals surface area (Å²) >= 11 is 3.40. The van der Waals surface area contributed by atoms with Gasteiger partial charge in [-0.2, -0.15) is 0 Å². The molecule has 17 heavy (non-hydrogen) atoms. The van der Waals surface area contributed by atoms with Gasteiger partial charge in [0.15, 0.2) is 6.61 Å². The number of rotatable bonds is 5. The van der Waals surface area contributed by atoms with Crippen molar-refractivity contribution in [1.29, 1.82) is 0 Å². The summed E-state index contributed by atoms with van der Waals surface area (Å²) in [6.07, 6.45) is 2.17. The fourth-order valence-electron chi connectivity index (χ4n) is 1.44. The van der Waals surface area contributed by atoms with Crippen molar-refractivity contribution in [2.75, 3.05) is 6.61 Å². The van der Waals surface area contributed by atoms with Crippen LogP contribution in [0.4, 0.5) is 0 Å². The zero-order valence-electron chi connectivity index (χ0n) is 9.41. The van der Waals surface area contributed by atoms with Gasteiger partial charge in [-0.25, -0.2) is 0 Å². The lowest BCUT2D eigenvalue weighted by Crippen LogP contribution is -2.30. The van der Waals surface area contributed by atoms with E-state index < -0.39 is 0 Å². The van der Waals surface area contributed by atoms with Gasteiger partial charge in [0.25, 0.3) is 5.91 Å². The molecule has 0 heterocycles. The molecule has 1 saturated carbocycles. The predicted molar refractivity (Wildman–Crippen MR) is 68.7 cm³/mol. The van der Waals surface area contributed by atoms with Crippen molar-refractivity contribution in [2.45, 2.75) is 25.4 Å². The van der Waals surface area contributed by atoms with Crippen LogP contribution in [0.25, 0.3) is 0 Å². The summed E-state index contributed by atoms with van der Waals surface area (Å²) in [7, 11) is 0. The first-order chi connectivity index (χ1) is 8.19. The quantitative estimate of drug-likeness (QED) is 0.867. The van der Waals surface area contributed by atoms with Crippen LogP contribution in [0.1, 0.15) is 18.4 Å². The Kier molecular flexibility index (Phi) is 4.02. The Morgan fingerprint density at radius 3 is 2.94 bits per heavy atom. The van der Waals surface area contributed by atoms with Gasteiger partial charge in [0.05, 0.1) is 0 Å². The van der Waals surface area contributed by atoms with E-state index in [4.69, 9.17) is 10.5 Å². The normalized spacial score (nSPS) is 14.5. The Labute approximate surface area is 109 Å². The van der Waals surface area contributed by atoms with Crippen molar-refractivity contribution in [3.8, 4) is 5.75 Å². The van der Waals surface area contributed by atoms with E-state index in [1.165, 1.54) is 0 Å². The third-order valence-electron chi connectivity index (χ3n) is 2.55. The van der Waals surface area contributed by atoms with Crippen LogP contribution in [0.15, 0.2) is 22.7 Å². The lowest BCUT2D eigenvalue weighted by atomic mass is 10.2. The van der Waals surface area contributed by atoms with Gasteiger partial charge in [0, 0.05) is 17.1 Å². The molecule has 1 amide bonds. The van der Waals surface area contributed by atoms with E-state index in [1.54, 1.807) is 0 Å². The highest BCUT2D eigenvalue weighted by Crippen LogP contribution is 2.22. The van der Waals surface area contributed by atoms with Crippen molar-refractivity contribution >= 4 is 21.8 Å². The third kappa shape index (κ3) is 3.71. The number of benzene rings is 1. The maximum absolute atomic E-state index is 11.4. The molecule has 3 N–H and O–H groups in total.